The summed E-state index contributed by atoms with van der Waals surface area (Å²) in [4.78, 5) is 22.8. The van der Waals surface area contributed by atoms with E-state index >= 15 is 0 Å². The topological polar surface area (TPSA) is 84.2 Å². The Balaban J connectivity index is 1.77. The van der Waals surface area contributed by atoms with Crippen LogP contribution < -0.4 is 16.4 Å². The Morgan fingerprint density at radius 2 is 1.94 bits per heavy atom. The maximum atomic E-state index is 11.8. The molecule has 0 bridgehead atoms. The van der Waals surface area contributed by atoms with Gasteiger partial charge in [0.2, 0.25) is 11.8 Å². The number of amides is 2. The minimum Gasteiger partial charge on any atom is -0.352 e. The van der Waals surface area contributed by atoms with E-state index in [0.717, 1.165) is 25.7 Å². The Kier molecular flexibility index (Phi) is 3.43. The van der Waals surface area contributed by atoms with Crippen molar-refractivity contribution in [3.05, 3.63) is 0 Å². The van der Waals surface area contributed by atoms with Crippen molar-refractivity contribution in [3.8, 4) is 0 Å². The fourth-order valence-electron chi connectivity index (χ4n) is 2.38. The second kappa shape index (κ2) is 4.82. The molecule has 90 valence electrons. The van der Waals surface area contributed by atoms with Crippen LogP contribution >= 0.6 is 0 Å². The summed E-state index contributed by atoms with van der Waals surface area (Å²) in [6, 6.07) is 0.215. The maximum absolute atomic E-state index is 11.8. The molecule has 0 aromatic rings. The van der Waals surface area contributed by atoms with Crippen LogP contribution in [0.15, 0.2) is 0 Å². The fourth-order valence-corrected chi connectivity index (χ4v) is 2.38. The Morgan fingerprint density at radius 3 is 2.50 bits per heavy atom. The van der Waals surface area contributed by atoms with Gasteiger partial charge in [-0.15, -0.1) is 0 Å². The first-order chi connectivity index (χ1) is 7.65. The molecule has 5 nitrogen and oxygen atoms in total. The van der Waals surface area contributed by atoms with E-state index in [1.807, 2.05) is 0 Å². The third-order valence-corrected chi connectivity index (χ3v) is 3.43. The van der Waals surface area contributed by atoms with Crippen LogP contribution in [0.4, 0.5) is 0 Å². The first-order valence-electron chi connectivity index (χ1n) is 6.00. The Bertz CT molecular complexity index is 285. The molecule has 1 aliphatic heterocycles. The largest absolute Gasteiger partial charge is 0.352 e. The summed E-state index contributed by atoms with van der Waals surface area (Å²) in [5.41, 5.74) is 5.80. The Labute approximate surface area is 95.1 Å². The summed E-state index contributed by atoms with van der Waals surface area (Å²) in [5.74, 6) is -0.0582. The molecule has 2 aliphatic rings. The van der Waals surface area contributed by atoms with Crippen molar-refractivity contribution < 1.29 is 9.59 Å². The quantitative estimate of drug-likeness (QED) is 0.600. The predicted molar refractivity (Wildman–Crippen MR) is 59.5 cm³/mol. The van der Waals surface area contributed by atoms with Crippen molar-refractivity contribution in [2.24, 2.45) is 5.73 Å². The average molecular weight is 225 g/mol. The van der Waals surface area contributed by atoms with Gasteiger partial charge in [-0.1, -0.05) is 0 Å². The molecule has 1 aliphatic carbocycles. The highest BCUT2D eigenvalue weighted by Gasteiger charge is 2.29. The molecule has 2 fully saturated rings. The predicted octanol–water partition coefficient (Wildman–Crippen LogP) is -0.349. The third kappa shape index (κ3) is 2.72. The van der Waals surface area contributed by atoms with Crippen molar-refractivity contribution in [1.29, 1.82) is 0 Å². The molecule has 4 N–H and O–H groups in total. The summed E-state index contributed by atoms with van der Waals surface area (Å²) in [6.07, 6.45) is 4.94. The number of nitrogens with two attached hydrogens (primary N) is 1. The smallest absolute Gasteiger partial charge is 0.242 e. The van der Waals surface area contributed by atoms with Gasteiger partial charge in [-0.3, -0.25) is 9.59 Å². The Hall–Kier alpha value is -1.10. The van der Waals surface area contributed by atoms with E-state index in [0.29, 0.717) is 18.9 Å². The van der Waals surface area contributed by atoms with Crippen LogP contribution in [0.3, 0.4) is 0 Å². The zero-order chi connectivity index (χ0) is 11.5. The third-order valence-electron chi connectivity index (χ3n) is 3.43. The van der Waals surface area contributed by atoms with Crippen molar-refractivity contribution in [3.63, 3.8) is 0 Å². The van der Waals surface area contributed by atoms with Crippen molar-refractivity contribution in [1.82, 2.24) is 10.6 Å². The SMILES string of the molecule is NC1CCC(NC(=O)[C@@H]2CCC(=O)N2)CC1. The van der Waals surface area contributed by atoms with E-state index in [9.17, 15) is 9.59 Å². The van der Waals surface area contributed by atoms with Crippen LogP contribution in [0, 0.1) is 0 Å². The zero-order valence-electron chi connectivity index (χ0n) is 9.37. The summed E-state index contributed by atoms with van der Waals surface area (Å²) >= 11 is 0. The highest BCUT2D eigenvalue weighted by Crippen LogP contribution is 2.17. The van der Waals surface area contributed by atoms with Gasteiger partial charge in [-0.05, 0) is 32.1 Å². The van der Waals surface area contributed by atoms with E-state index < -0.39 is 0 Å². The van der Waals surface area contributed by atoms with Crippen molar-refractivity contribution >= 4 is 11.8 Å². The van der Waals surface area contributed by atoms with E-state index in [1.54, 1.807) is 0 Å². The van der Waals surface area contributed by atoms with Crippen LogP contribution in [-0.4, -0.2) is 29.9 Å². The standard InChI is InChI=1S/C11H19N3O2/c12-7-1-3-8(4-2-7)13-11(16)9-5-6-10(15)14-9/h7-9H,1-6,12H2,(H,13,16)(H,14,15)/t7?,8?,9-/m0/s1. The molecule has 0 radical (unpaired) electrons. The van der Waals surface area contributed by atoms with Gasteiger partial charge >= 0.3 is 0 Å². The van der Waals surface area contributed by atoms with Gasteiger partial charge in [0, 0.05) is 18.5 Å². The molecule has 0 aromatic heterocycles. The van der Waals surface area contributed by atoms with Gasteiger partial charge in [0.15, 0.2) is 0 Å². The number of rotatable bonds is 2. The van der Waals surface area contributed by atoms with Crippen LogP contribution in [0.5, 0.6) is 0 Å². The van der Waals surface area contributed by atoms with E-state index in [1.165, 1.54) is 0 Å². The van der Waals surface area contributed by atoms with Crippen LogP contribution in [-0.2, 0) is 9.59 Å². The second-order valence-corrected chi connectivity index (χ2v) is 4.78. The van der Waals surface area contributed by atoms with Crippen molar-refractivity contribution in [2.45, 2.75) is 56.7 Å². The summed E-state index contributed by atoms with van der Waals surface area (Å²) < 4.78 is 0. The maximum Gasteiger partial charge on any atom is 0.242 e. The number of carbonyl (C=O) groups is 2. The van der Waals surface area contributed by atoms with Gasteiger partial charge in [-0.25, -0.2) is 0 Å². The lowest BCUT2D eigenvalue weighted by Crippen LogP contribution is -2.47. The van der Waals surface area contributed by atoms with E-state index in [-0.39, 0.29) is 23.9 Å². The summed E-state index contributed by atoms with van der Waals surface area (Å²) in [7, 11) is 0. The molecular weight excluding hydrogens is 206 g/mol. The van der Waals surface area contributed by atoms with Gasteiger partial charge in [0.25, 0.3) is 0 Å². The lowest BCUT2D eigenvalue weighted by atomic mass is 9.91. The van der Waals surface area contributed by atoms with Gasteiger partial charge < -0.3 is 16.4 Å². The molecule has 0 aromatic carbocycles. The van der Waals surface area contributed by atoms with E-state index in [2.05, 4.69) is 10.6 Å². The molecule has 1 atom stereocenters. The van der Waals surface area contributed by atoms with Gasteiger partial charge in [-0.2, -0.15) is 0 Å². The molecule has 2 rings (SSSR count). The molecule has 16 heavy (non-hydrogen) atoms. The lowest BCUT2D eigenvalue weighted by Gasteiger charge is -2.27. The second-order valence-electron chi connectivity index (χ2n) is 4.78. The van der Waals surface area contributed by atoms with Crippen LogP contribution in [0.1, 0.15) is 38.5 Å². The molecular formula is C11H19N3O2. The average Bonchev–Trinajstić information content (AvgIpc) is 2.68. The van der Waals surface area contributed by atoms with Crippen LogP contribution in [0.2, 0.25) is 0 Å². The van der Waals surface area contributed by atoms with Crippen LogP contribution in [0.25, 0.3) is 0 Å². The number of nitrogens with one attached hydrogen (secondary N) is 2. The first-order valence-corrected chi connectivity index (χ1v) is 6.00. The first kappa shape index (κ1) is 11.4. The molecule has 1 heterocycles. The molecule has 1 saturated heterocycles. The van der Waals surface area contributed by atoms with Crippen molar-refractivity contribution in [2.75, 3.05) is 0 Å². The lowest BCUT2D eigenvalue weighted by molar-refractivity contribution is -0.126. The number of hydrogen-bond acceptors (Lipinski definition) is 3. The fraction of sp³-hybridized carbons (Fsp3) is 0.818. The highest BCUT2D eigenvalue weighted by molar-refractivity contribution is 5.90. The minimum absolute atomic E-state index is 0.0224. The zero-order valence-corrected chi connectivity index (χ0v) is 9.37. The summed E-state index contributed by atoms with van der Waals surface area (Å²) in [6.45, 7) is 0. The molecule has 2 amide bonds. The number of carbonyl (C=O) groups excluding carboxylic acids is 2. The van der Waals surface area contributed by atoms with E-state index in [4.69, 9.17) is 5.73 Å². The highest BCUT2D eigenvalue weighted by atomic mass is 16.2. The summed E-state index contributed by atoms with van der Waals surface area (Å²) in [5, 5.41) is 5.67. The monoisotopic (exact) mass is 225 g/mol. The molecule has 0 unspecified atom stereocenters. The molecule has 0 spiro atoms. The van der Waals surface area contributed by atoms with Gasteiger partial charge in [0.1, 0.15) is 6.04 Å². The number of hydrogen-bond donors (Lipinski definition) is 3. The molecule has 5 heteroatoms. The molecule has 1 saturated carbocycles. The minimum atomic E-state index is -0.317. The van der Waals surface area contributed by atoms with Gasteiger partial charge in [0.05, 0.1) is 0 Å². The Morgan fingerprint density at radius 1 is 1.25 bits per heavy atom. The normalized spacial score (nSPS) is 34.6.